The number of rotatable bonds is 3. The Hall–Kier alpha value is -1.32. The van der Waals surface area contributed by atoms with Crippen molar-refractivity contribution in [2.75, 3.05) is 13.1 Å². The number of hydrogen-bond acceptors (Lipinski definition) is 2. The highest BCUT2D eigenvalue weighted by Crippen LogP contribution is 2.38. The molecule has 0 spiro atoms. The number of aromatic nitrogens is 2. The van der Waals surface area contributed by atoms with Gasteiger partial charge in [0.15, 0.2) is 5.69 Å². The Morgan fingerprint density at radius 1 is 1.32 bits per heavy atom. The Kier molecular flexibility index (Phi) is 3.97. The summed E-state index contributed by atoms with van der Waals surface area (Å²) in [5.41, 5.74) is 2.06. The maximum absolute atomic E-state index is 12.4. The predicted molar refractivity (Wildman–Crippen MR) is 76.1 cm³/mol. The maximum atomic E-state index is 12.4. The summed E-state index contributed by atoms with van der Waals surface area (Å²) in [6, 6.07) is 1.88. The van der Waals surface area contributed by atoms with Crippen molar-refractivity contribution in [3.05, 3.63) is 17.5 Å². The third-order valence-corrected chi connectivity index (χ3v) is 4.94. The Morgan fingerprint density at radius 3 is 2.32 bits per heavy atom. The predicted octanol–water partition coefficient (Wildman–Crippen LogP) is 2.77. The molecule has 19 heavy (non-hydrogen) atoms. The molecule has 0 aromatic carbocycles. The lowest BCUT2D eigenvalue weighted by atomic mass is 9.74. The largest absolute Gasteiger partial charge is 0.337 e. The van der Waals surface area contributed by atoms with E-state index in [2.05, 4.69) is 18.9 Å². The SMILES string of the molecule is CCC1(CC)CCN(C(=O)c2cc(C)n(C)n2)CC1. The van der Waals surface area contributed by atoms with Crippen LogP contribution in [0.3, 0.4) is 0 Å². The van der Waals surface area contributed by atoms with Crippen molar-refractivity contribution in [2.45, 2.75) is 46.5 Å². The van der Waals surface area contributed by atoms with Crippen LogP contribution in [-0.4, -0.2) is 33.7 Å². The molecule has 1 aliphatic rings. The summed E-state index contributed by atoms with van der Waals surface area (Å²) in [5, 5.41) is 4.29. The van der Waals surface area contributed by atoms with Gasteiger partial charge in [-0.25, -0.2) is 0 Å². The molecule has 106 valence electrons. The Balaban J connectivity index is 2.03. The van der Waals surface area contributed by atoms with E-state index in [4.69, 9.17) is 0 Å². The summed E-state index contributed by atoms with van der Waals surface area (Å²) in [7, 11) is 1.88. The normalized spacial score (nSPS) is 18.6. The summed E-state index contributed by atoms with van der Waals surface area (Å²) in [4.78, 5) is 14.4. The zero-order valence-corrected chi connectivity index (χ0v) is 12.6. The molecule has 1 amide bonds. The molecule has 0 N–H and O–H groups in total. The minimum Gasteiger partial charge on any atom is -0.337 e. The zero-order chi connectivity index (χ0) is 14.0. The number of piperidine rings is 1. The summed E-state index contributed by atoms with van der Waals surface area (Å²) >= 11 is 0. The smallest absolute Gasteiger partial charge is 0.274 e. The molecular formula is C15H25N3O. The van der Waals surface area contributed by atoms with E-state index in [1.54, 1.807) is 4.68 Å². The van der Waals surface area contributed by atoms with E-state index >= 15 is 0 Å². The van der Waals surface area contributed by atoms with Crippen LogP contribution in [0.4, 0.5) is 0 Å². The Morgan fingerprint density at radius 2 is 1.89 bits per heavy atom. The van der Waals surface area contributed by atoms with Crippen LogP contribution in [0.25, 0.3) is 0 Å². The maximum Gasteiger partial charge on any atom is 0.274 e. The number of amides is 1. The number of aryl methyl sites for hydroxylation is 2. The number of hydrogen-bond donors (Lipinski definition) is 0. The second kappa shape index (κ2) is 5.35. The molecule has 4 nitrogen and oxygen atoms in total. The van der Waals surface area contributed by atoms with Crippen LogP contribution in [0, 0.1) is 12.3 Å². The van der Waals surface area contributed by atoms with E-state index in [0.29, 0.717) is 11.1 Å². The van der Waals surface area contributed by atoms with Crippen molar-refractivity contribution < 1.29 is 4.79 Å². The van der Waals surface area contributed by atoms with Crippen molar-refractivity contribution in [3.8, 4) is 0 Å². The van der Waals surface area contributed by atoms with E-state index in [-0.39, 0.29) is 5.91 Å². The topological polar surface area (TPSA) is 38.1 Å². The van der Waals surface area contributed by atoms with Gasteiger partial charge in [-0.15, -0.1) is 0 Å². The molecule has 1 aliphatic heterocycles. The molecule has 1 aromatic rings. The molecular weight excluding hydrogens is 238 g/mol. The highest BCUT2D eigenvalue weighted by atomic mass is 16.2. The van der Waals surface area contributed by atoms with E-state index < -0.39 is 0 Å². The summed E-state index contributed by atoms with van der Waals surface area (Å²) < 4.78 is 1.76. The first-order valence-electron chi connectivity index (χ1n) is 7.31. The van der Waals surface area contributed by atoms with Crippen LogP contribution in [0.2, 0.25) is 0 Å². The highest BCUT2D eigenvalue weighted by molar-refractivity contribution is 5.92. The van der Waals surface area contributed by atoms with Crippen LogP contribution in [0.15, 0.2) is 6.07 Å². The second-order valence-electron chi connectivity index (χ2n) is 5.79. The van der Waals surface area contributed by atoms with Gasteiger partial charge in [-0.2, -0.15) is 5.10 Å². The third kappa shape index (κ3) is 2.67. The van der Waals surface area contributed by atoms with Crippen LogP contribution in [-0.2, 0) is 7.05 Å². The first-order chi connectivity index (χ1) is 9.01. The standard InChI is InChI=1S/C15H25N3O/c1-5-15(6-2)7-9-18(10-8-15)14(19)13-11-12(3)17(4)16-13/h11H,5-10H2,1-4H3. The lowest BCUT2D eigenvalue weighted by Crippen LogP contribution is -2.43. The fraction of sp³-hybridized carbons (Fsp3) is 0.733. The average molecular weight is 263 g/mol. The summed E-state index contributed by atoms with van der Waals surface area (Å²) in [6.07, 6.45) is 4.68. The highest BCUT2D eigenvalue weighted by Gasteiger charge is 2.33. The number of likely N-dealkylation sites (tertiary alicyclic amines) is 1. The number of nitrogens with zero attached hydrogens (tertiary/aromatic N) is 3. The van der Waals surface area contributed by atoms with Gasteiger partial charge in [0, 0.05) is 25.8 Å². The molecule has 1 fully saturated rings. The van der Waals surface area contributed by atoms with E-state index in [0.717, 1.165) is 31.6 Å². The summed E-state index contributed by atoms with van der Waals surface area (Å²) in [5.74, 6) is 0.0875. The van der Waals surface area contributed by atoms with Gasteiger partial charge in [-0.05, 0) is 31.2 Å². The van der Waals surface area contributed by atoms with Crippen LogP contribution in [0.5, 0.6) is 0 Å². The van der Waals surface area contributed by atoms with Gasteiger partial charge in [-0.1, -0.05) is 26.7 Å². The minimum absolute atomic E-state index is 0.0875. The molecule has 0 atom stereocenters. The van der Waals surface area contributed by atoms with Gasteiger partial charge in [0.1, 0.15) is 0 Å². The molecule has 0 saturated carbocycles. The van der Waals surface area contributed by atoms with Crippen LogP contribution >= 0.6 is 0 Å². The van der Waals surface area contributed by atoms with Gasteiger partial charge in [-0.3, -0.25) is 9.48 Å². The van der Waals surface area contributed by atoms with Gasteiger partial charge in [0.25, 0.3) is 5.91 Å². The van der Waals surface area contributed by atoms with E-state index in [9.17, 15) is 4.79 Å². The molecule has 2 rings (SSSR count). The Bertz CT molecular complexity index is 430. The average Bonchev–Trinajstić information content (AvgIpc) is 2.78. The lowest BCUT2D eigenvalue weighted by Gasteiger charge is -2.40. The zero-order valence-electron chi connectivity index (χ0n) is 12.6. The lowest BCUT2D eigenvalue weighted by molar-refractivity contribution is 0.0551. The van der Waals surface area contributed by atoms with E-state index in [1.807, 2.05) is 24.9 Å². The minimum atomic E-state index is 0.0875. The van der Waals surface area contributed by atoms with E-state index in [1.165, 1.54) is 12.8 Å². The second-order valence-corrected chi connectivity index (χ2v) is 5.79. The van der Waals surface area contributed by atoms with Crippen molar-refractivity contribution in [1.29, 1.82) is 0 Å². The number of carbonyl (C=O) groups is 1. The fourth-order valence-electron chi connectivity index (χ4n) is 2.97. The molecule has 0 aliphatic carbocycles. The molecule has 2 heterocycles. The molecule has 0 bridgehead atoms. The molecule has 1 saturated heterocycles. The van der Waals surface area contributed by atoms with Gasteiger partial charge >= 0.3 is 0 Å². The number of carbonyl (C=O) groups excluding carboxylic acids is 1. The van der Waals surface area contributed by atoms with Gasteiger partial charge < -0.3 is 4.90 Å². The summed E-state index contributed by atoms with van der Waals surface area (Å²) in [6.45, 7) is 8.25. The van der Waals surface area contributed by atoms with Crippen LogP contribution in [0.1, 0.15) is 55.7 Å². The molecule has 1 aromatic heterocycles. The van der Waals surface area contributed by atoms with Gasteiger partial charge in [0.05, 0.1) is 0 Å². The van der Waals surface area contributed by atoms with Gasteiger partial charge in [0.2, 0.25) is 0 Å². The van der Waals surface area contributed by atoms with Crippen molar-refractivity contribution in [1.82, 2.24) is 14.7 Å². The molecule has 0 radical (unpaired) electrons. The van der Waals surface area contributed by atoms with Crippen molar-refractivity contribution >= 4 is 5.91 Å². The van der Waals surface area contributed by atoms with Crippen LogP contribution < -0.4 is 0 Å². The van der Waals surface area contributed by atoms with Crippen molar-refractivity contribution in [2.24, 2.45) is 12.5 Å². The molecule has 0 unspecified atom stereocenters. The molecule has 4 heteroatoms. The monoisotopic (exact) mass is 263 g/mol. The third-order valence-electron chi connectivity index (χ3n) is 4.94. The first kappa shape index (κ1) is 14.1. The Labute approximate surface area is 115 Å². The first-order valence-corrected chi connectivity index (χ1v) is 7.31. The quantitative estimate of drug-likeness (QED) is 0.841. The fourth-order valence-corrected chi connectivity index (χ4v) is 2.97. The van der Waals surface area contributed by atoms with Crippen molar-refractivity contribution in [3.63, 3.8) is 0 Å².